The summed E-state index contributed by atoms with van der Waals surface area (Å²) in [6.07, 6.45) is 6.10. The maximum atomic E-state index is 4.57. The zero-order valence-electron chi connectivity index (χ0n) is 12.5. The molecule has 0 spiro atoms. The van der Waals surface area contributed by atoms with E-state index in [4.69, 9.17) is 0 Å². The molecular weight excluding hydrogens is 266 g/mol. The summed E-state index contributed by atoms with van der Waals surface area (Å²) in [6.45, 7) is 0. The van der Waals surface area contributed by atoms with Gasteiger partial charge < -0.3 is 0 Å². The van der Waals surface area contributed by atoms with Gasteiger partial charge in [-0.1, -0.05) is 42.5 Å². The van der Waals surface area contributed by atoms with Crippen molar-refractivity contribution >= 4 is 0 Å². The number of hydrogen-bond acceptors (Lipinski definition) is 1. The number of benzene rings is 2. The molecule has 0 saturated heterocycles. The second kappa shape index (κ2) is 4.54. The Morgan fingerprint density at radius 3 is 1.77 bits per heavy atom. The van der Waals surface area contributed by atoms with Crippen LogP contribution in [0.4, 0.5) is 0 Å². The lowest BCUT2D eigenvalue weighted by atomic mass is 9.80. The minimum Gasteiger partial charge on any atom is -0.261 e. The summed E-state index contributed by atoms with van der Waals surface area (Å²) in [7, 11) is 0. The fraction of sp³-hybridized carbons (Fsp3) is 0.190. The van der Waals surface area contributed by atoms with Crippen LogP contribution in [0.3, 0.4) is 0 Å². The zero-order chi connectivity index (χ0) is 14.5. The van der Waals surface area contributed by atoms with E-state index in [-0.39, 0.29) is 0 Å². The average molecular weight is 283 g/mol. The summed E-state index contributed by atoms with van der Waals surface area (Å²) >= 11 is 0. The quantitative estimate of drug-likeness (QED) is 0.417. The van der Waals surface area contributed by atoms with Gasteiger partial charge in [-0.25, -0.2) is 0 Å². The first kappa shape index (κ1) is 12.2. The van der Waals surface area contributed by atoms with E-state index < -0.39 is 0 Å². The minimum atomic E-state index is 0.987. The van der Waals surface area contributed by atoms with E-state index in [9.17, 15) is 0 Å². The summed E-state index contributed by atoms with van der Waals surface area (Å²) in [5.74, 6) is 0. The topological polar surface area (TPSA) is 12.9 Å². The van der Waals surface area contributed by atoms with Crippen molar-refractivity contribution in [3.05, 3.63) is 99.4 Å². The lowest BCUT2D eigenvalue weighted by molar-refractivity contribution is 0.914. The van der Waals surface area contributed by atoms with Crippen LogP contribution < -0.4 is 0 Å². The maximum Gasteiger partial charge on any atom is 0.0482 e. The number of pyridine rings is 1. The van der Waals surface area contributed by atoms with Gasteiger partial charge in [-0.2, -0.15) is 0 Å². The van der Waals surface area contributed by atoms with Crippen molar-refractivity contribution < 1.29 is 0 Å². The molecule has 3 aromatic rings. The van der Waals surface area contributed by atoms with E-state index in [1.54, 1.807) is 0 Å². The van der Waals surface area contributed by atoms with Crippen LogP contribution in [0.2, 0.25) is 0 Å². The lowest BCUT2D eigenvalue weighted by Crippen LogP contribution is -2.14. The van der Waals surface area contributed by atoms with E-state index in [1.807, 2.05) is 6.20 Å². The van der Waals surface area contributed by atoms with Crippen molar-refractivity contribution in [2.75, 3.05) is 0 Å². The van der Waals surface area contributed by atoms with Crippen LogP contribution in [0.5, 0.6) is 0 Å². The summed E-state index contributed by atoms with van der Waals surface area (Å²) < 4.78 is 0. The Morgan fingerprint density at radius 2 is 1.09 bits per heavy atom. The van der Waals surface area contributed by atoms with Gasteiger partial charge in [-0.15, -0.1) is 0 Å². The number of nitrogens with zero attached hydrogens (tertiary/aromatic N) is 1. The minimum absolute atomic E-state index is 0.987. The monoisotopic (exact) mass is 283 g/mol. The molecule has 2 aromatic carbocycles. The SMILES string of the molecule is c1ccc2c(c1)Cc1cc3c(cc1C2)Cc1ncccc1C3. The molecule has 106 valence electrons. The van der Waals surface area contributed by atoms with Gasteiger partial charge in [0.25, 0.3) is 0 Å². The van der Waals surface area contributed by atoms with E-state index in [1.165, 1.54) is 44.6 Å². The van der Waals surface area contributed by atoms with Crippen LogP contribution in [0.1, 0.15) is 44.6 Å². The molecule has 5 rings (SSSR count). The largest absolute Gasteiger partial charge is 0.261 e. The van der Waals surface area contributed by atoms with Crippen molar-refractivity contribution in [3.63, 3.8) is 0 Å². The highest BCUT2D eigenvalue weighted by Gasteiger charge is 2.21. The molecule has 1 nitrogen and oxygen atoms in total. The van der Waals surface area contributed by atoms with E-state index in [0.717, 1.165) is 25.7 Å². The third-order valence-corrected chi connectivity index (χ3v) is 5.13. The highest BCUT2D eigenvalue weighted by atomic mass is 14.7. The van der Waals surface area contributed by atoms with E-state index in [2.05, 4.69) is 53.5 Å². The van der Waals surface area contributed by atoms with Gasteiger partial charge in [0.2, 0.25) is 0 Å². The maximum absolute atomic E-state index is 4.57. The number of hydrogen-bond donors (Lipinski definition) is 0. The highest BCUT2D eigenvalue weighted by Crippen LogP contribution is 2.33. The van der Waals surface area contributed by atoms with Gasteiger partial charge in [-0.05, 0) is 64.3 Å². The molecule has 0 N–H and O–H groups in total. The Morgan fingerprint density at radius 1 is 0.545 bits per heavy atom. The second-order valence-corrected chi connectivity index (χ2v) is 6.47. The Bertz CT molecular complexity index is 748. The Labute approximate surface area is 130 Å². The first-order valence-corrected chi connectivity index (χ1v) is 8.00. The van der Waals surface area contributed by atoms with Crippen LogP contribution >= 0.6 is 0 Å². The number of rotatable bonds is 0. The molecule has 0 radical (unpaired) electrons. The average Bonchev–Trinajstić information content (AvgIpc) is 2.56. The Kier molecular flexibility index (Phi) is 2.51. The zero-order valence-corrected chi connectivity index (χ0v) is 12.5. The molecule has 1 heterocycles. The summed E-state index contributed by atoms with van der Waals surface area (Å²) in [6, 6.07) is 18.0. The van der Waals surface area contributed by atoms with Gasteiger partial charge >= 0.3 is 0 Å². The lowest BCUT2D eigenvalue weighted by Gasteiger charge is -2.25. The fourth-order valence-corrected chi connectivity index (χ4v) is 3.94. The molecule has 2 aliphatic rings. The predicted octanol–water partition coefficient (Wildman–Crippen LogP) is 4.07. The number of fused-ring (bicyclic) bond motifs is 4. The first-order valence-electron chi connectivity index (χ1n) is 8.00. The van der Waals surface area contributed by atoms with E-state index in [0.29, 0.717) is 0 Å². The van der Waals surface area contributed by atoms with E-state index >= 15 is 0 Å². The molecular formula is C21H17N. The van der Waals surface area contributed by atoms with Crippen molar-refractivity contribution in [1.29, 1.82) is 0 Å². The molecule has 0 saturated carbocycles. The third-order valence-electron chi connectivity index (χ3n) is 5.13. The predicted molar refractivity (Wildman–Crippen MR) is 88.3 cm³/mol. The van der Waals surface area contributed by atoms with Gasteiger partial charge in [0.15, 0.2) is 0 Å². The first-order chi connectivity index (χ1) is 10.9. The molecule has 0 aliphatic heterocycles. The van der Waals surface area contributed by atoms with Gasteiger partial charge in [-0.3, -0.25) is 4.98 Å². The molecule has 0 fully saturated rings. The van der Waals surface area contributed by atoms with Crippen molar-refractivity contribution in [1.82, 2.24) is 4.98 Å². The van der Waals surface area contributed by atoms with Crippen LogP contribution in [0, 0.1) is 0 Å². The second-order valence-electron chi connectivity index (χ2n) is 6.47. The molecule has 2 aliphatic carbocycles. The Hall–Kier alpha value is -2.41. The van der Waals surface area contributed by atoms with Gasteiger partial charge in [0.1, 0.15) is 0 Å². The van der Waals surface area contributed by atoms with Crippen LogP contribution in [-0.4, -0.2) is 4.98 Å². The van der Waals surface area contributed by atoms with Gasteiger partial charge in [0, 0.05) is 18.3 Å². The molecule has 1 aromatic heterocycles. The highest BCUT2D eigenvalue weighted by molar-refractivity contribution is 5.52. The number of aromatic nitrogens is 1. The van der Waals surface area contributed by atoms with Crippen LogP contribution in [0.25, 0.3) is 0 Å². The van der Waals surface area contributed by atoms with Crippen LogP contribution in [0.15, 0.2) is 54.7 Å². The molecule has 0 amide bonds. The Balaban J connectivity index is 1.60. The molecule has 22 heavy (non-hydrogen) atoms. The van der Waals surface area contributed by atoms with Crippen molar-refractivity contribution in [2.45, 2.75) is 25.7 Å². The smallest absolute Gasteiger partial charge is 0.0482 e. The summed E-state index contributed by atoms with van der Waals surface area (Å²) in [5, 5.41) is 0. The molecule has 0 unspecified atom stereocenters. The fourth-order valence-electron chi connectivity index (χ4n) is 3.94. The summed E-state index contributed by atoms with van der Waals surface area (Å²) in [5.41, 5.74) is 11.6. The third kappa shape index (κ3) is 1.82. The molecule has 1 heteroatoms. The summed E-state index contributed by atoms with van der Waals surface area (Å²) in [4.78, 5) is 4.57. The molecule has 0 bridgehead atoms. The van der Waals surface area contributed by atoms with Crippen molar-refractivity contribution in [2.24, 2.45) is 0 Å². The standard InChI is InChI=1S/C21H17N/c1-2-5-15-9-18-12-20-13-21-16(6-3-7-22-21)10-19(20)11-17(18)8-14(15)4-1/h1-7,11-12H,8-10,13H2. The van der Waals surface area contributed by atoms with Gasteiger partial charge in [0.05, 0.1) is 0 Å². The van der Waals surface area contributed by atoms with Crippen LogP contribution in [-0.2, 0) is 25.7 Å². The molecule has 0 atom stereocenters. The van der Waals surface area contributed by atoms with Crippen molar-refractivity contribution in [3.8, 4) is 0 Å². The normalized spacial score (nSPS) is 14.5.